The van der Waals surface area contributed by atoms with Crippen molar-refractivity contribution in [1.29, 1.82) is 0 Å². The van der Waals surface area contributed by atoms with Crippen molar-refractivity contribution < 1.29 is 10.0 Å². The van der Waals surface area contributed by atoms with E-state index < -0.39 is 0 Å². The largest absolute Gasteiger partial charge is 0.427 e. The molecule has 7 nitrogen and oxygen atoms in total. The van der Waals surface area contributed by atoms with Gasteiger partial charge in [0.25, 0.3) is 0 Å². The Balaban J connectivity index is 2.44. The molecule has 1 aromatic heterocycles. The molecule has 1 aromatic rings. The molecule has 0 spiro atoms. The molecule has 1 amide bonds. The van der Waals surface area contributed by atoms with E-state index >= 15 is 0 Å². The minimum absolute atomic E-state index is 0.271. The van der Waals surface area contributed by atoms with Gasteiger partial charge in [0.15, 0.2) is 5.49 Å². The van der Waals surface area contributed by atoms with E-state index in [1.54, 1.807) is 30.4 Å². The lowest BCUT2D eigenvalue weighted by Gasteiger charge is -2.17. The van der Waals surface area contributed by atoms with Gasteiger partial charge in [-0.2, -0.15) is 4.73 Å². The van der Waals surface area contributed by atoms with E-state index in [4.69, 9.17) is 0 Å². The third-order valence-electron chi connectivity index (χ3n) is 2.83. The fraction of sp³-hybridized carbons (Fsp3) is 0.200. The number of likely N-dealkylation sites (N-methyl/N-ethyl adjacent to an activating group) is 1. The van der Waals surface area contributed by atoms with Crippen LogP contribution in [0.4, 0.5) is 0 Å². The van der Waals surface area contributed by atoms with Crippen molar-refractivity contribution in [3.05, 3.63) is 53.8 Å². The topological polar surface area (TPSA) is 82.5 Å². The molecule has 0 saturated carbocycles. The fourth-order valence-electron chi connectivity index (χ4n) is 1.74. The number of amides is 1. The SMILES string of the molecule is CC(=O)N=C1C=C(N(C)C)C=C/C1=N\N=c1\ccccn1O. The molecule has 2 rings (SSSR count). The standard InChI is InChI=1S/C15H17N5O2/c1-11(21)16-14-10-12(19(2)3)7-8-13(14)17-18-15-6-4-5-9-20(15)22/h4-10,22H,1-3H3/b16-14?,17-13+,18-15-. The normalized spacial score (nSPS) is 18.7. The molecule has 7 heteroatoms. The molecule has 0 aromatic carbocycles. The molecule has 0 radical (unpaired) electrons. The maximum atomic E-state index is 11.3. The number of aromatic nitrogens is 1. The van der Waals surface area contributed by atoms with Crippen molar-refractivity contribution in [3.8, 4) is 0 Å². The van der Waals surface area contributed by atoms with Crippen molar-refractivity contribution in [2.24, 2.45) is 15.2 Å². The molecule has 0 atom stereocenters. The van der Waals surface area contributed by atoms with E-state index in [0.29, 0.717) is 11.4 Å². The van der Waals surface area contributed by atoms with Crippen molar-refractivity contribution in [1.82, 2.24) is 9.63 Å². The van der Waals surface area contributed by atoms with Gasteiger partial charge in [-0.05, 0) is 30.4 Å². The Bertz CT molecular complexity index is 766. The number of nitrogens with zero attached hydrogens (tertiary/aromatic N) is 5. The minimum Gasteiger partial charge on any atom is -0.427 e. The lowest BCUT2D eigenvalue weighted by molar-refractivity contribution is -0.115. The maximum Gasteiger partial charge on any atom is 0.243 e. The first kappa shape index (κ1) is 15.4. The molecular weight excluding hydrogens is 282 g/mol. The van der Waals surface area contributed by atoms with Gasteiger partial charge in [-0.3, -0.25) is 4.79 Å². The van der Waals surface area contributed by atoms with Crippen molar-refractivity contribution >= 4 is 17.3 Å². The van der Waals surface area contributed by atoms with Crippen LogP contribution < -0.4 is 5.49 Å². The third-order valence-corrected chi connectivity index (χ3v) is 2.83. The highest BCUT2D eigenvalue weighted by atomic mass is 16.5. The van der Waals surface area contributed by atoms with E-state index in [1.807, 2.05) is 25.1 Å². The summed E-state index contributed by atoms with van der Waals surface area (Å²) in [6.45, 7) is 1.38. The van der Waals surface area contributed by atoms with E-state index in [9.17, 15) is 10.0 Å². The molecule has 1 heterocycles. The molecule has 1 aliphatic carbocycles. The van der Waals surface area contributed by atoms with Crippen molar-refractivity contribution in [3.63, 3.8) is 0 Å². The summed E-state index contributed by atoms with van der Waals surface area (Å²) < 4.78 is 0.861. The lowest BCUT2D eigenvalue weighted by atomic mass is 10.1. The molecule has 0 bridgehead atoms. The molecule has 0 aliphatic heterocycles. The van der Waals surface area contributed by atoms with E-state index in [2.05, 4.69) is 15.2 Å². The summed E-state index contributed by atoms with van der Waals surface area (Å²) in [7, 11) is 3.79. The monoisotopic (exact) mass is 299 g/mol. The molecule has 22 heavy (non-hydrogen) atoms. The first-order chi connectivity index (χ1) is 10.5. The van der Waals surface area contributed by atoms with Crippen LogP contribution in [0.5, 0.6) is 0 Å². The van der Waals surface area contributed by atoms with Gasteiger partial charge in [-0.25, -0.2) is 4.99 Å². The third kappa shape index (κ3) is 3.78. The Kier molecular flexibility index (Phi) is 4.67. The van der Waals surface area contributed by atoms with Gasteiger partial charge in [-0.1, -0.05) is 6.07 Å². The summed E-state index contributed by atoms with van der Waals surface area (Å²) in [5.74, 6) is -0.315. The summed E-state index contributed by atoms with van der Waals surface area (Å²) in [6, 6.07) is 5.01. The Hall–Kier alpha value is -2.96. The zero-order valence-electron chi connectivity index (χ0n) is 12.6. The second-order valence-corrected chi connectivity index (χ2v) is 4.80. The number of allylic oxidation sites excluding steroid dienone is 3. The summed E-state index contributed by atoms with van der Waals surface area (Å²) in [5.41, 5.74) is 2.05. The highest BCUT2D eigenvalue weighted by molar-refractivity contribution is 6.52. The number of hydrogen-bond acceptors (Lipinski definition) is 5. The van der Waals surface area contributed by atoms with E-state index in [-0.39, 0.29) is 11.4 Å². The Morgan fingerprint density at radius 1 is 1.18 bits per heavy atom. The van der Waals surface area contributed by atoms with Crippen molar-refractivity contribution in [2.45, 2.75) is 6.92 Å². The van der Waals surface area contributed by atoms with E-state index in [1.165, 1.54) is 13.1 Å². The van der Waals surface area contributed by atoms with Crippen LogP contribution in [0.25, 0.3) is 0 Å². The minimum atomic E-state index is -0.315. The number of pyridine rings is 1. The summed E-state index contributed by atoms with van der Waals surface area (Å²) >= 11 is 0. The number of carbonyl (C=O) groups excluding carboxylic acids is 1. The van der Waals surface area contributed by atoms with Crippen LogP contribution in [-0.4, -0.2) is 46.3 Å². The highest BCUT2D eigenvalue weighted by Gasteiger charge is 2.12. The van der Waals surface area contributed by atoms with Crippen LogP contribution in [0.2, 0.25) is 0 Å². The Morgan fingerprint density at radius 2 is 1.95 bits per heavy atom. The number of aliphatic imine (C=N–C) groups is 1. The zero-order valence-corrected chi connectivity index (χ0v) is 12.6. The summed E-state index contributed by atoms with van der Waals surface area (Å²) in [5, 5.41) is 17.6. The molecule has 1 N–H and O–H groups in total. The van der Waals surface area contributed by atoms with Crippen LogP contribution in [-0.2, 0) is 4.79 Å². The number of hydrogen-bond donors (Lipinski definition) is 1. The van der Waals surface area contributed by atoms with Gasteiger partial charge in [0, 0.05) is 32.9 Å². The van der Waals surface area contributed by atoms with Crippen LogP contribution in [0.1, 0.15) is 6.92 Å². The van der Waals surface area contributed by atoms with Crippen molar-refractivity contribution in [2.75, 3.05) is 14.1 Å². The average Bonchev–Trinajstić information content (AvgIpc) is 2.46. The van der Waals surface area contributed by atoms with Gasteiger partial charge in [0.2, 0.25) is 5.91 Å². The highest BCUT2D eigenvalue weighted by Crippen LogP contribution is 2.09. The fourth-order valence-corrected chi connectivity index (χ4v) is 1.74. The van der Waals surface area contributed by atoms with E-state index in [0.717, 1.165) is 10.4 Å². The molecular formula is C15H17N5O2. The van der Waals surface area contributed by atoms with Crippen LogP contribution in [0.3, 0.4) is 0 Å². The number of rotatable bonds is 2. The van der Waals surface area contributed by atoms with Crippen LogP contribution in [0, 0.1) is 0 Å². The van der Waals surface area contributed by atoms with Gasteiger partial charge in [0.1, 0.15) is 5.71 Å². The zero-order chi connectivity index (χ0) is 16.1. The Labute approximate surface area is 127 Å². The average molecular weight is 299 g/mol. The second-order valence-electron chi connectivity index (χ2n) is 4.80. The van der Waals surface area contributed by atoms with Gasteiger partial charge >= 0.3 is 0 Å². The molecule has 114 valence electrons. The molecule has 0 unspecified atom stereocenters. The maximum absolute atomic E-state index is 11.3. The van der Waals surface area contributed by atoms with Gasteiger partial charge < -0.3 is 10.1 Å². The molecule has 1 aliphatic rings. The quantitative estimate of drug-likeness (QED) is 0.502. The summed E-state index contributed by atoms with van der Waals surface area (Å²) in [6.07, 6.45) is 6.79. The first-order valence-electron chi connectivity index (χ1n) is 6.63. The predicted molar refractivity (Wildman–Crippen MR) is 83.6 cm³/mol. The van der Waals surface area contributed by atoms with Crippen LogP contribution in [0.15, 0.2) is 63.5 Å². The molecule has 0 saturated heterocycles. The first-order valence-corrected chi connectivity index (χ1v) is 6.63. The summed E-state index contributed by atoms with van der Waals surface area (Å²) in [4.78, 5) is 17.1. The molecule has 0 fully saturated rings. The van der Waals surface area contributed by atoms with Gasteiger partial charge in [-0.15, -0.1) is 10.2 Å². The predicted octanol–water partition coefficient (Wildman–Crippen LogP) is 0.985. The Morgan fingerprint density at radius 3 is 2.59 bits per heavy atom. The lowest BCUT2D eigenvalue weighted by Crippen LogP contribution is -2.21. The number of carbonyl (C=O) groups is 1. The smallest absolute Gasteiger partial charge is 0.243 e. The second kappa shape index (κ2) is 6.66. The van der Waals surface area contributed by atoms with Gasteiger partial charge in [0.05, 0.1) is 5.71 Å². The van der Waals surface area contributed by atoms with Crippen LogP contribution >= 0.6 is 0 Å².